The van der Waals surface area contributed by atoms with Gasteiger partial charge in [-0.2, -0.15) is 0 Å². The molecule has 7 nitrogen and oxygen atoms in total. The maximum Gasteiger partial charge on any atom is 2.00 e. The summed E-state index contributed by atoms with van der Waals surface area (Å²) in [7, 11) is -2.44. The molecule has 9 heteroatoms. The third-order valence-electron chi connectivity index (χ3n) is 7.58. The van der Waals surface area contributed by atoms with Crippen LogP contribution in [0, 0.1) is 39.2 Å². The minimum atomic E-state index is -2.44. The molecule has 0 saturated heterocycles. The Hall–Kier alpha value is -2.21. The average Bonchev–Trinajstić information content (AvgIpc) is 3.09. The van der Waals surface area contributed by atoms with Crippen LogP contribution in [-0.4, -0.2) is 38.7 Å². The van der Waals surface area contributed by atoms with Gasteiger partial charge >= 0.3 is 51.0 Å². The van der Waals surface area contributed by atoms with Crippen molar-refractivity contribution in [3.63, 3.8) is 0 Å². The van der Waals surface area contributed by atoms with E-state index in [1.165, 1.54) is 23.2 Å². The number of rotatable bonds is 22. The van der Waals surface area contributed by atoms with Crippen molar-refractivity contribution in [3.05, 3.63) is 99.9 Å². The van der Waals surface area contributed by atoms with Crippen molar-refractivity contribution in [2.75, 3.05) is 6.61 Å². The van der Waals surface area contributed by atoms with Gasteiger partial charge in [0.2, 0.25) is 0 Å². The molecule has 2 aromatic carbocycles. The number of ether oxygens (including phenoxy) is 1. The Morgan fingerprint density at radius 2 is 1.23 bits per heavy atom. The normalized spacial score (nSPS) is 11.7. The summed E-state index contributed by atoms with van der Waals surface area (Å²) in [6.45, 7) is 24.9. The van der Waals surface area contributed by atoms with Gasteiger partial charge in [-0.1, -0.05) is 140 Å². The second-order valence-electron chi connectivity index (χ2n) is 11.8. The topological polar surface area (TPSA) is 115 Å². The smallest absolute Gasteiger partial charge is 2.00 e. The molecule has 0 aliphatic rings. The first-order valence-electron chi connectivity index (χ1n) is 15.9. The molecule has 1 N–H and O–H groups in total. The molecule has 0 fully saturated rings. The van der Waals surface area contributed by atoms with Gasteiger partial charge in [0.25, 0.3) is 8.32 Å². The van der Waals surface area contributed by atoms with Crippen molar-refractivity contribution in [3.8, 4) is 0 Å². The molecule has 0 amide bonds. The quantitative estimate of drug-likeness (QED) is 0.0605. The van der Waals surface area contributed by atoms with E-state index >= 15 is 0 Å². The van der Waals surface area contributed by atoms with Crippen molar-refractivity contribution in [2.45, 2.75) is 116 Å². The Labute approximate surface area is 296 Å². The summed E-state index contributed by atoms with van der Waals surface area (Å²) in [5, 5.41) is 13.0. The molecular formula is C38H52FeO7Si+. The van der Waals surface area contributed by atoms with E-state index in [-0.39, 0.29) is 28.2 Å². The number of benzene rings is 2. The number of unbranched alkanes of at least 4 members (excludes halogenated alkanes) is 7. The molecule has 2 aromatic rings. The fourth-order valence-electron chi connectivity index (χ4n) is 5.41. The third-order valence-corrected chi connectivity index (χ3v) is 12.6. The van der Waals surface area contributed by atoms with Gasteiger partial charge in [0.05, 0.1) is 12.2 Å². The first-order valence-corrected chi connectivity index (χ1v) is 17.8. The van der Waals surface area contributed by atoms with E-state index in [0.29, 0.717) is 0 Å². The standard InChI is InChI=1S/C35H52O4Si.3CO.Fe/c1-5-6-13-23-32(38-30-36)24-20-22-31(37)21-14-9-7-8-10-19-29-39-40(35(2,3)4,33-25-15-11-16-26-33)34-27-17-12-18-28-34;3*1-2;/h11-12,15-18,20,22,24-28,31-32,37H,5-10,13-14,19,21,23,29H2,1-4H3;;;;/q-1;;;;+2/t31-,32+;;;;/m0..../s1. The van der Waals surface area contributed by atoms with Crippen molar-refractivity contribution in [1.29, 1.82) is 0 Å². The van der Waals surface area contributed by atoms with Gasteiger partial charge < -0.3 is 19.1 Å². The molecule has 0 aromatic heterocycles. The van der Waals surface area contributed by atoms with E-state index in [0.717, 1.165) is 64.4 Å². The molecule has 2 rings (SSSR count). The molecule has 0 unspecified atom stereocenters. The van der Waals surface area contributed by atoms with Crippen LogP contribution in [0.2, 0.25) is 5.04 Å². The summed E-state index contributed by atoms with van der Waals surface area (Å²) in [5.74, 6) is 0. The summed E-state index contributed by atoms with van der Waals surface area (Å²) < 4.78 is 34.5. The van der Waals surface area contributed by atoms with Crippen LogP contribution in [0.1, 0.15) is 98.3 Å². The summed E-state index contributed by atoms with van der Waals surface area (Å²) in [6, 6.07) is 21.7. The van der Waals surface area contributed by atoms with E-state index in [2.05, 4.69) is 108 Å². The monoisotopic (exact) mass is 704 g/mol. The van der Waals surface area contributed by atoms with Crippen LogP contribution >= 0.6 is 0 Å². The van der Waals surface area contributed by atoms with Crippen molar-refractivity contribution in [2.24, 2.45) is 0 Å². The predicted octanol–water partition coefficient (Wildman–Crippen LogP) is 7.19. The second kappa shape index (κ2) is 32.3. The van der Waals surface area contributed by atoms with Crippen LogP contribution in [0.5, 0.6) is 0 Å². The number of aliphatic hydroxyl groups is 1. The fraction of sp³-hybridized carbons (Fsp3) is 0.500. The number of carbonyl (C=O) groups excluding carboxylic acids is 1. The Morgan fingerprint density at radius 3 is 1.70 bits per heavy atom. The molecular weight excluding hydrogens is 652 g/mol. The van der Waals surface area contributed by atoms with Crippen LogP contribution in [-0.2, 0) is 45.0 Å². The van der Waals surface area contributed by atoms with E-state index in [9.17, 15) is 9.90 Å². The summed E-state index contributed by atoms with van der Waals surface area (Å²) in [6.07, 6.45) is 16.2. The van der Waals surface area contributed by atoms with Gasteiger partial charge in [0, 0.05) is 13.0 Å². The van der Waals surface area contributed by atoms with Gasteiger partial charge in [-0.15, -0.1) is 0 Å². The van der Waals surface area contributed by atoms with Crippen molar-refractivity contribution in [1.82, 2.24) is 0 Å². The molecule has 0 saturated carbocycles. The number of hydrogen-bond acceptors (Lipinski definition) is 4. The molecule has 47 heavy (non-hydrogen) atoms. The molecule has 0 heterocycles. The Bertz CT molecular complexity index is 985. The van der Waals surface area contributed by atoms with Gasteiger partial charge in [-0.25, -0.2) is 0 Å². The minimum Gasteiger partial charge on any atom is 2.00 e. The Kier molecular flexibility index (Phi) is 33.8. The Balaban J connectivity index is -0.00000261. The zero-order valence-electron chi connectivity index (χ0n) is 28.4. The summed E-state index contributed by atoms with van der Waals surface area (Å²) in [4.78, 5) is 10.6. The second-order valence-corrected chi connectivity index (χ2v) is 16.1. The first kappa shape index (κ1) is 49.2. The summed E-state index contributed by atoms with van der Waals surface area (Å²) >= 11 is 0. The van der Waals surface area contributed by atoms with Gasteiger partial charge in [-0.05, 0) is 53.9 Å². The van der Waals surface area contributed by atoms with Crippen molar-refractivity contribution < 1.29 is 50.1 Å². The molecule has 0 aliphatic carbocycles. The first-order chi connectivity index (χ1) is 22.3. The van der Waals surface area contributed by atoms with E-state index in [1.54, 1.807) is 12.9 Å². The zero-order chi connectivity index (χ0) is 35.1. The van der Waals surface area contributed by atoms with Gasteiger partial charge in [-0.3, -0.25) is 0 Å². The number of aliphatic hydroxyl groups excluding tert-OH is 1. The van der Waals surface area contributed by atoms with Crippen LogP contribution < -0.4 is 10.4 Å². The van der Waals surface area contributed by atoms with Gasteiger partial charge in [0.1, 0.15) is 0 Å². The maximum absolute atomic E-state index is 10.6. The zero-order valence-corrected chi connectivity index (χ0v) is 30.5. The minimum absolute atomic E-state index is 0. The average molecular weight is 705 g/mol. The number of hydrogen-bond donors (Lipinski definition) is 1. The molecule has 257 valence electrons. The van der Waals surface area contributed by atoms with Crippen LogP contribution in [0.15, 0.2) is 60.7 Å². The van der Waals surface area contributed by atoms with Gasteiger partial charge in [0.15, 0.2) is 0 Å². The molecule has 0 aliphatic heterocycles. The van der Waals surface area contributed by atoms with Crippen LogP contribution in [0.25, 0.3) is 0 Å². The van der Waals surface area contributed by atoms with Crippen molar-refractivity contribution >= 4 is 25.2 Å². The maximum atomic E-state index is 10.6. The van der Waals surface area contributed by atoms with E-state index in [1.807, 2.05) is 12.8 Å². The predicted molar refractivity (Wildman–Crippen MR) is 181 cm³/mol. The largest absolute Gasteiger partial charge is 2.00 e. The van der Waals surface area contributed by atoms with Crippen LogP contribution in [0.4, 0.5) is 0 Å². The van der Waals surface area contributed by atoms with Crippen LogP contribution in [0.3, 0.4) is 0 Å². The third kappa shape index (κ3) is 20.0. The summed E-state index contributed by atoms with van der Waals surface area (Å²) in [5.41, 5.74) is 0. The molecule has 0 bridgehead atoms. The fourth-order valence-corrected chi connectivity index (χ4v) is 10.0. The van der Waals surface area contributed by atoms with E-state index in [4.69, 9.17) is 23.1 Å². The van der Waals surface area contributed by atoms with E-state index < -0.39 is 14.4 Å². The molecule has 2 atom stereocenters. The molecule has 0 spiro atoms. The Morgan fingerprint density at radius 1 is 0.766 bits per heavy atom. The molecule has 3 radical (unpaired) electrons. The SMILES string of the molecule is CCCCC[C@H]([CH][CH][CH][C@@H](O)CCCCCCCCO[Si](c1ccccc1)(c1ccccc1)C(C)(C)C)O[C-]=O.[C-]#[O+].[C-]#[O+].[C-]#[O+].[Fe+2].